The molecular weight excluding hydrogens is 240 g/mol. The third kappa shape index (κ3) is 5.41. The van der Waals surface area contributed by atoms with Crippen molar-refractivity contribution in [2.24, 2.45) is 11.3 Å². The Bertz CT molecular complexity index is 214. The Morgan fingerprint density at radius 1 is 0.684 bits per heavy atom. The zero-order valence-corrected chi connectivity index (χ0v) is 12.3. The average Bonchev–Trinajstić information content (AvgIpc) is 2.47. The lowest BCUT2D eigenvalue weighted by atomic mass is 9.71. The van der Waals surface area contributed by atoms with Crippen molar-refractivity contribution >= 4 is 0 Å². The van der Waals surface area contributed by atoms with Crippen LogP contribution in [0.15, 0.2) is 0 Å². The van der Waals surface area contributed by atoms with Gasteiger partial charge in [-0.05, 0) is 18.8 Å². The molecule has 3 N–H and O–H groups in total. The van der Waals surface area contributed by atoms with Gasteiger partial charge in [0.05, 0.1) is 13.2 Å². The highest BCUT2D eigenvalue weighted by molar-refractivity contribution is 4.85. The molecule has 1 rings (SSSR count). The quantitative estimate of drug-likeness (QED) is 0.740. The van der Waals surface area contributed by atoms with Crippen LogP contribution in [-0.2, 0) is 0 Å². The van der Waals surface area contributed by atoms with Gasteiger partial charge < -0.3 is 15.3 Å². The molecule has 0 spiro atoms. The van der Waals surface area contributed by atoms with E-state index in [2.05, 4.69) is 0 Å². The highest BCUT2D eigenvalue weighted by Crippen LogP contribution is 2.36. The van der Waals surface area contributed by atoms with Gasteiger partial charge in [0, 0.05) is 12.0 Å². The first kappa shape index (κ1) is 16.9. The standard InChI is InChI=1S/C16H32O3/c17-12-15-10-8-6-4-2-1-3-5-7-9-11-16(15,13-18)14-19/h15,17-19H,1-14H2. The summed E-state index contributed by atoms with van der Waals surface area (Å²) in [7, 11) is 0. The van der Waals surface area contributed by atoms with Crippen LogP contribution >= 0.6 is 0 Å². The predicted molar refractivity (Wildman–Crippen MR) is 78.0 cm³/mol. The lowest BCUT2D eigenvalue weighted by Gasteiger charge is -2.37. The lowest BCUT2D eigenvalue weighted by Crippen LogP contribution is -2.40. The zero-order chi connectivity index (χ0) is 14.0. The maximum Gasteiger partial charge on any atom is 0.0512 e. The van der Waals surface area contributed by atoms with Crippen LogP contribution < -0.4 is 0 Å². The summed E-state index contributed by atoms with van der Waals surface area (Å²) in [4.78, 5) is 0. The lowest BCUT2D eigenvalue weighted by molar-refractivity contribution is -0.0302. The molecule has 1 atom stereocenters. The molecule has 0 aromatic carbocycles. The smallest absolute Gasteiger partial charge is 0.0512 e. The highest BCUT2D eigenvalue weighted by atomic mass is 16.3. The number of aliphatic hydroxyl groups excluding tert-OH is 3. The summed E-state index contributed by atoms with van der Waals surface area (Å²) in [5.41, 5.74) is -0.469. The van der Waals surface area contributed by atoms with Crippen molar-refractivity contribution in [2.75, 3.05) is 19.8 Å². The Balaban J connectivity index is 2.64. The highest BCUT2D eigenvalue weighted by Gasteiger charge is 2.36. The Hall–Kier alpha value is -0.120. The van der Waals surface area contributed by atoms with Crippen LogP contribution in [0.5, 0.6) is 0 Å². The number of aliphatic hydroxyl groups is 3. The second-order valence-corrected chi connectivity index (χ2v) is 6.28. The molecule has 0 radical (unpaired) electrons. The number of hydrogen-bond acceptors (Lipinski definition) is 3. The van der Waals surface area contributed by atoms with Crippen LogP contribution in [0.1, 0.15) is 70.6 Å². The zero-order valence-electron chi connectivity index (χ0n) is 12.3. The molecule has 0 heterocycles. The van der Waals surface area contributed by atoms with Gasteiger partial charge in [-0.2, -0.15) is 0 Å². The van der Waals surface area contributed by atoms with E-state index in [1.807, 2.05) is 0 Å². The molecule has 0 amide bonds. The summed E-state index contributed by atoms with van der Waals surface area (Å²) in [5, 5.41) is 29.1. The van der Waals surface area contributed by atoms with Crippen LogP contribution in [0.4, 0.5) is 0 Å². The van der Waals surface area contributed by atoms with E-state index in [0.717, 1.165) is 25.7 Å². The van der Waals surface area contributed by atoms with Crippen molar-refractivity contribution in [2.45, 2.75) is 70.6 Å². The summed E-state index contributed by atoms with van der Waals surface area (Å²) in [6, 6.07) is 0. The summed E-state index contributed by atoms with van der Waals surface area (Å²) in [6.07, 6.45) is 12.8. The van der Waals surface area contributed by atoms with Crippen molar-refractivity contribution in [1.82, 2.24) is 0 Å². The second-order valence-electron chi connectivity index (χ2n) is 6.28. The maximum absolute atomic E-state index is 9.73. The molecule has 0 bridgehead atoms. The molecule has 3 nitrogen and oxygen atoms in total. The molecular formula is C16H32O3. The maximum atomic E-state index is 9.73. The Morgan fingerprint density at radius 3 is 1.63 bits per heavy atom. The van der Waals surface area contributed by atoms with Crippen molar-refractivity contribution in [3.8, 4) is 0 Å². The normalized spacial score (nSPS) is 27.0. The molecule has 3 heteroatoms. The van der Waals surface area contributed by atoms with Gasteiger partial charge >= 0.3 is 0 Å². The summed E-state index contributed by atoms with van der Waals surface area (Å²) in [6.45, 7) is 0.0740. The van der Waals surface area contributed by atoms with Crippen molar-refractivity contribution in [3.63, 3.8) is 0 Å². The molecule has 0 aromatic heterocycles. The molecule has 1 aliphatic rings. The topological polar surface area (TPSA) is 60.7 Å². The minimum Gasteiger partial charge on any atom is -0.396 e. The van der Waals surface area contributed by atoms with Crippen LogP contribution in [0.25, 0.3) is 0 Å². The number of rotatable bonds is 3. The van der Waals surface area contributed by atoms with Crippen LogP contribution in [0.2, 0.25) is 0 Å². The van der Waals surface area contributed by atoms with Gasteiger partial charge in [0.25, 0.3) is 0 Å². The Labute approximate surface area is 118 Å². The van der Waals surface area contributed by atoms with Crippen LogP contribution in [-0.4, -0.2) is 35.1 Å². The molecule has 114 valence electrons. The monoisotopic (exact) mass is 272 g/mol. The van der Waals surface area contributed by atoms with E-state index in [0.29, 0.717) is 0 Å². The SMILES string of the molecule is OCC1CCCCCCCCCCCC1(CO)CO. The molecule has 1 unspecified atom stereocenters. The minimum atomic E-state index is -0.469. The average molecular weight is 272 g/mol. The Kier molecular flexibility index (Phi) is 8.67. The minimum absolute atomic E-state index is 0.00523. The van der Waals surface area contributed by atoms with Crippen molar-refractivity contribution in [3.05, 3.63) is 0 Å². The largest absolute Gasteiger partial charge is 0.396 e. The molecule has 1 saturated carbocycles. The van der Waals surface area contributed by atoms with Gasteiger partial charge in [0.15, 0.2) is 0 Å². The summed E-state index contributed by atoms with van der Waals surface area (Å²) >= 11 is 0. The molecule has 0 aliphatic heterocycles. The molecule has 0 saturated heterocycles. The van der Waals surface area contributed by atoms with Gasteiger partial charge in [-0.25, -0.2) is 0 Å². The fourth-order valence-corrected chi connectivity index (χ4v) is 3.37. The predicted octanol–water partition coefficient (Wildman–Crippen LogP) is 2.87. The second kappa shape index (κ2) is 9.73. The first-order chi connectivity index (χ1) is 9.29. The van der Waals surface area contributed by atoms with Crippen molar-refractivity contribution < 1.29 is 15.3 Å². The molecule has 0 aromatic rings. The fraction of sp³-hybridized carbons (Fsp3) is 1.00. The third-order valence-corrected chi connectivity index (χ3v) is 4.94. The molecule has 1 fully saturated rings. The van der Waals surface area contributed by atoms with E-state index in [1.165, 1.54) is 44.9 Å². The summed E-state index contributed by atoms with van der Waals surface area (Å²) < 4.78 is 0. The van der Waals surface area contributed by atoms with Gasteiger partial charge in [-0.1, -0.05) is 57.8 Å². The van der Waals surface area contributed by atoms with E-state index in [1.54, 1.807) is 0 Å². The summed E-state index contributed by atoms with van der Waals surface area (Å²) in [5.74, 6) is 0.0447. The van der Waals surface area contributed by atoms with E-state index in [4.69, 9.17) is 0 Å². The molecule has 1 aliphatic carbocycles. The van der Waals surface area contributed by atoms with Gasteiger partial charge in [-0.15, -0.1) is 0 Å². The fourth-order valence-electron chi connectivity index (χ4n) is 3.37. The third-order valence-electron chi connectivity index (χ3n) is 4.94. The molecule has 19 heavy (non-hydrogen) atoms. The van der Waals surface area contributed by atoms with Crippen LogP contribution in [0, 0.1) is 11.3 Å². The van der Waals surface area contributed by atoms with Crippen LogP contribution in [0.3, 0.4) is 0 Å². The van der Waals surface area contributed by atoms with Gasteiger partial charge in [0.2, 0.25) is 0 Å². The van der Waals surface area contributed by atoms with E-state index < -0.39 is 5.41 Å². The first-order valence-corrected chi connectivity index (χ1v) is 8.11. The van der Waals surface area contributed by atoms with Gasteiger partial charge in [0.1, 0.15) is 0 Å². The number of hydrogen-bond donors (Lipinski definition) is 3. The van der Waals surface area contributed by atoms with E-state index in [-0.39, 0.29) is 25.7 Å². The first-order valence-electron chi connectivity index (χ1n) is 8.11. The Morgan fingerprint density at radius 2 is 1.16 bits per heavy atom. The van der Waals surface area contributed by atoms with Gasteiger partial charge in [-0.3, -0.25) is 0 Å². The van der Waals surface area contributed by atoms with E-state index >= 15 is 0 Å². The van der Waals surface area contributed by atoms with Crippen molar-refractivity contribution in [1.29, 1.82) is 0 Å². The van der Waals surface area contributed by atoms with E-state index in [9.17, 15) is 15.3 Å².